The molecule has 0 bridgehead atoms. The highest BCUT2D eigenvalue weighted by molar-refractivity contribution is 7.90. The molecule has 120 valence electrons. The molecular formula is C14H19N3O4S. The minimum absolute atomic E-state index is 0.0225. The second-order valence-corrected chi connectivity index (χ2v) is 7.22. The molecule has 1 amide bonds. The Morgan fingerprint density at radius 3 is 2.45 bits per heavy atom. The summed E-state index contributed by atoms with van der Waals surface area (Å²) in [7, 11) is -3.55. The molecule has 1 aromatic rings. The number of nitrogens with two attached hydrogens (primary N) is 2. The standard InChI is InChI=1S/C14H19N3O4S/c1-3-8-6-11(21-9-4-5-9)12(22(2,19)20)7-10(8)13(18)17-14(15)16/h6-7,9H,3-5H2,1-2H3,(H4,15,16,17,18). The van der Waals surface area contributed by atoms with Gasteiger partial charge in [0.25, 0.3) is 5.91 Å². The minimum Gasteiger partial charge on any atom is -0.489 e. The fraction of sp³-hybridized carbons (Fsp3) is 0.429. The quantitative estimate of drug-likeness (QED) is 0.603. The Hall–Kier alpha value is -2.09. The maximum Gasteiger partial charge on any atom is 0.280 e. The first-order valence-corrected chi connectivity index (χ1v) is 8.79. The highest BCUT2D eigenvalue weighted by atomic mass is 32.2. The number of sulfone groups is 1. The number of hydrogen-bond donors (Lipinski definition) is 2. The van der Waals surface area contributed by atoms with Crippen LogP contribution in [0.5, 0.6) is 5.75 Å². The van der Waals surface area contributed by atoms with Gasteiger partial charge in [-0.25, -0.2) is 8.42 Å². The lowest BCUT2D eigenvalue weighted by Crippen LogP contribution is -2.24. The summed E-state index contributed by atoms with van der Waals surface area (Å²) in [6.45, 7) is 1.85. The normalized spacial score (nSPS) is 14.5. The van der Waals surface area contributed by atoms with Crippen LogP contribution >= 0.6 is 0 Å². The number of carbonyl (C=O) groups excluding carboxylic acids is 1. The van der Waals surface area contributed by atoms with E-state index in [9.17, 15) is 13.2 Å². The Balaban J connectivity index is 2.59. The van der Waals surface area contributed by atoms with E-state index in [0.717, 1.165) is 19.1 Å². The first kappa shape index (κ1) is 16.3. The Kier molecular flexibility index (Phi) is 4.41. The van der Waals surface area contributed by atoms with Crippen molar-refractivity contribution in [1.82, 2.24) is 0 Å². The van der Waals surface area contributed by atoms with Crippen molar-refractivity contribution in [3.05, 3.63) is 23.3 Å². The van der Waals surface area contributed by atoms with E-state index >= 15 is 0 Å². The molecule has 7 nitrogen and oxygen atoms in total. The molecule has 1 saturated carbocycles. The van der Waals surface area contributed by atoms with Crippen molar-refractivity contribution in [1.29, 1.82) is 0 Å². The van der Waals surface area contributed by atoms with Crippen molar-refractivity contribution in [3.63, 3.8) is 0 Å². The van der Waals surface area contributed by atoms with E-state index in [0.29, 0.717) is 12.0 Å². The van der Waals surface area contributed by atoms with E-state index in [1.165, 1.54) is 6.07 Å². The molecule has 4 N–H and O–H groups in total. The van der Waals surface area contributed by atoms with Crippen LogP contribution in [0.1, 0.15) is 35.7 Å². The van der Waals surface area contributed by atoms with Gasteiger partial charge in [0.05, 0.1) is 6.10 Å². The zero-order valence-corrected chi connectivity index (χ0v) is 13.3. The molecule has 8 heteroatoms. The van der Waals surface area contributed by atoms with E-state index in [4.69, 9.17) is 16.2 Å². The number of rotatable bonds is 5. The van der Waals surface area contributed by atoms with Gasteiger partial charge >= 0.3 is 0 Å². The van der Waals surface area contributed by atoms with E-state index in [1.807, 2.05) is 6.92 Å². The molecule has 0 heterocycles. The van der Waals surface area contributed by atoms with Crippen LogP contribution in [0.2, 0.25) is 0 Å². The zero-order chi connectivity index (χ0) is 16.5. The number of guanidine groups is 1. The summed E-state index contributed by atoms with van der Waals surface area (Å²) in [6.07, 6.45) is 3.44. The van der Waals surface area contributed by atoms with E-state index in [-0.39, 0.29) is 28.3 Å². The average molecular weight is 325 g/mol. The summed E-state index contributed by atoms with van der Waals surface area (Å²) in [4.78, 5) is 15.5. The molecule has 0 spiro atoms. The number of benzene rings is 1. The van der Waals surface area contributed by atoms with Crippen LogP contribution in [0.15, 0.2) is 22.0 Å². The highest BCUT2D eigenvalue weighted by Gasteiger charge is 2.28. The van der Waals surface area contributed by atoms with Crippen molar-refractivity contribution >= 4 is 21.7 Å². The number of aliphatic imine (C=N–C) groups is 1. The third kappa shape index (κ3) is 3.76. The van der Waals surface area contributed by atoms with Crippen molar-refractivity contribution in [2.24, 2.45) is 16.5 Å². The Morgan fingerprint density at radius 2 is 2.00 bits per heavy atom. The highest BCUT2D eigenvalue weighted by Crippen LogP contribution is 2.34. The summed E-state index contributed by atoms with van der Waals surface area (Å²) >= 11 is 0. The van der Waals surface area contributed by atoms with Gasteiger partial charge in [-0.1, -0.05) is 6.92 Å². The van der Waals surface area contributed by atoms with Gasteiger partial charge in [-0.2, -0.15) is 4.99 Å². The number of nitrogens with zero attached hydrogens (tertiary/aromatic N) is 1. The predicted molar refractivity (Wildman–Crippen MR) is 82.7 cm³/mol. The van der Waals surface area contributed by atoms with E-state index in [1.54, 1.807) is 6.07 Å². The summed E-state index contributed by atoms with van der Waals surface area (Å²) in [5.41, 5.74) is 11.2. The third-order valence-electron chi connectivity index (χ3n) is 3.23. The predicted octanol–water partition coefficient (Wildman–Crippen LogP) is 0.607. The van der Waals surface area contributed by atoms with Gasteiger partial charge in [0, 0.05) is 11.8 Å². The molecule has 0 radical (unpaired) electrons. The summed E-state index contributed by atoms with van der Waals surface area (Å²) < 4.78 is 29.6. The Labute approximate surface area is 129 Å². The molecule has 1 aliphatic carbocycles. The lowest BCUT2D eigenvalue weighted by Gasteiger charge is -2.14. The number of aryl methyl sites for hydroxylation is 1. The first-order chi connectivity index (χ1) is 10.2. The molecule has 0 aliphatic heterocycles. The van der Waals surface area contributed by atoms with Gasteiger partial charge in [-0.15, -0.1) is 0 Å². The van der Waals surface area contributed by atoms with E-state index in [2.05, 4.69) is 4.99 Å². The number of amides is 1. The van der Waals surface area contributed by atoms with Crippen molar-refractivity contribution < 1.29 is 17.9 Å². The van der Waals surface area contributed by atoms with E-state index < -0.39 is 15.7 Å². The molecule has 2 rings (SSSR count). The van der Waals surface area contributed by atoms with Gasteiger partial charge < -0.3 is 16.2 Å². The molecule has 0 atom stereocenters. The van der Waals surface area contributed by atoms with Crippen LogP contribution in [0.4, 0.5) is 0 Å². The van der Waals surface area contributed by atoms with Crippen molar-refractivity contribution in [3.8, 4) is 5.75 Å². The summed E-state index contributed by atoms with van der Waals surface area (Å²) in [5.74, 6) is -0.755. The molecule has 22 heavy (non-hydrogen) atoms. The van der Waals surface area contributed by atoms with Gasteiger partial charge in [0.2, 0.25) is 0 Å². The van der Waals surface area contributed by atoms with Gasteiger partial charge in [-0.05, 0) is 37.0 Å². The molecule has 0 aromatic heterocycles. The zero-order valence-electron chi connectivity index (χ0n) is 12.5. The van der Waals surface area contributed by atoms with Gasteiger partial charge in [0.1, 0.15) is 10.6 Å². The van der Waals surface area contributed by atoms with Gasteiger partial charge in [0.15, 0.2) is 15.8 Å². The van der Waals surface area contributed by atoms with Crippen LogP contribution in [-0.4, -0.2) is 32.6 Å². The lowest BCUT2D eigenvalue weighted by molar-refractivity contribution is 0.100. The SMILES string of the molecule is CCc1cc(OC2CC2)c(S(C)(=O)=O)cc1C(=O)N=C(N)N. The van der Waals surface area contributed by atoms with Crippen LogP contribution in [0.25, 0.3) is 0 Å². The van der Waals surface area contributed by atoms with Gasteiger partial charge in [-0.3, -0.25) is 4.79 Å². The molecule has 1 aliphatic rings. The monoisotopic (exact) mass is 325 g/mol. The topological polar surface area (TPSA) is 125 Å². The minimum atomic E-state index is -3.55. The number of carbonyl (C=O) groups is 1. The third-order valence-corrected chi connectivity index (χ3v) is 4.35. The second kappa shape index (κ2) is 5.96. The maximum atomic E-state index is 12.1. The number of ether oxygens (including phenoxy) is 1. The smallest absolute Gasteiger partial charge is 0.280 e. The Bertz CT molecular complexity index is 733. The van der Waals surface area contributed by atoms with Crippen LogP contribution in [0, 0.1) is 0 Å². The fourth-order valence-electron chi connectivity index (χ4n) is 2.02. The van der Waals surface area contributed by atoms with Crippen LogP contribution < -0.4 is 16.2 Å². The van der Waals surface area contributed by atoms with Crippen LogP contribution in [0.3, 0.4) is 0 Å². The van der Waals surface area contributed by atoms with Crippen molar-refractivity contribution in [2.75, 3.05) is 6.26 Å². The average Bonchev–Trinajstić information content (AvgIpc) is 3.19. The molecular weight excluding hydrogens is 306 g/mol. The molecule has 1 fully saturated rings. The van der Waals surface area contributed by atoms with Crippen LogP contribution in [-0.2, 0) is 16.3 Å². The largest absolute Gasteiger partial charge is 0.489 e. The number of hydrogen-bond acceptors (Lipinski definition) is 4. The summed E-state index contributed by atoms with van der Waals surface area (Å²) in [5, 5.41) is 0. The molecule has 0 saturated heterocycles. The molecule has 0 unspecified atom stereocenters. The van der Waals surface area contributed by atoms with Crippen molar-refractivity contribution in [2.45, 2.75) is 37.2 Å². The first-order valence-electron chi connectivity index (χ1n) is 6.90. The maximum absolute atomic E-state index is 12.1. The second-order valence-electron chi connectivity index (χ2n) is 5.24. The Morgan fingerprint density at radius 1 is 1.36 bits per heavy atom. The molecule has 1 aromatic carbocycles. The fourth-order valence-corrected chi connectivity index (χ4v) is 2.82. The summed E-state index contributed by atoms with van der Waals surface area (Å²) in [6, 6.07) is 2.88. The lowest BCUT2D eigenvalue weighted by atomic mass is 10.0.